The first-order valence-electron chi connectivity index (χ1n) is 6.06. The molecule has 0 aliphatic heterocycles. The maximum Gasteiger partial charge on any atom is 0.312 e. The second-order valence-corrected chi connectivity index (χ2v) is 4.79. The van der Waals surface area contributed by atoms with Gasteiger partial charge >= 0.3 is 5.97 Å². The number of halogens is 1. The Kier molecular flexibility index (Phi) is 5.90. The molecule has 0 radical (unpaired) electrons. The summed E-state index contributed by atoms with van der Waals surface area (Å²) in [6.45, 7) is 1.14. The van der Waals surface area contributed by atoms with E-state index in [1.54, 1.807) is 6.92 Å². The number of carbonyl (C=O) groups is 2. The van der Waals surface area contributed by atoms with E-state index < -0.39 is 29.9 Å². The summed E-state index contributed by atoms with van der Waals surface area (Å²) in [4.78, 5) is 23.1. The zero-order chi connectivity index (χ0) is 15.2. The average Bonchev–Trinajstić information content (AvgIpc) is 2.97. The smallest absolute Gasteiger partial charge is 0.312 e. The van der Waals surface area contributed by atoms with Crippen molar-refractivity contribution in [3.8, 4) is 0 Å². The summed E-state index contributed by atoms with van der Waals surface area (Å²) in [6, 6.07) is -0.593. The van der Waals surface area contributed by atoms with Gasteiger partial charge in [0.25, 0.3) is 5.91 Å². The molecule has 1 rings (SSSR count). The first-order valence-corrected chi connectivity index (χ1v) is 6.59. The molecule has 0 aliphatic carbocycles. The largest absolute Gasteiger partial charge is 0.481 e. The van der Waals surface area contributed by atoms with E-state index in [1.807, 2.05) is 0 Å². The van der Waals surface area contributed by atoms with Crippen LogP contribution in [0.15, 0.2) is 6.20 Å². The molecule has 2 atom stereocenters. The van der Waals surface area contributed by atoms with Gasteiger partial charge < -0.3 is 15.5 Å². The van der Waals surface area contributed by atoms with Crippen LogP contribution in [-0.2, 0) is 4.79 Å². The van der Waals surface area contributed by atoms with Gasteiger partial charge in [0.05, 0.1) is 18.2 Å². The SMILES string of the molecule is CCC(CO)(C[C@@H](CCl)NC(=O)c1cn[nH]n1)C(=O)O. The van der Waals surface area contributed by atoms with Crippen LogP contribution in [-0.4, -0.2) is 56.0 Å². The molecule has 0 fully saturated rings. The van der Waals surface area contributed by atoms with Crippen molar-refractivity contribution in [2.24, 2.45) is 5.41 Å². The Labute approximate surface area is 120 Å². The maximum absolute atomic E-state index is 11.8. The Bertz CT molecular complexity index is 447. The number of nitrogens with one attached hydrogen (secondary N) is 2. The van der Waals surface area contributed by atoms with E-state index in [0.717, 1.165) is 0 Å². The molecule has 1 aromatic rings. The highest BCUT2D eigenvalue weighted by atomic mass is 35.5. The van der Waals surface area contributed by atoms with Crippen LogP contribution in [0.3, 0.4) is 0 Å². The van der Waals surface area contributed by atoms with Crippen LogP contribution in [0, 0.1) is 5.41 Å². The van der Waals surface area contributed by atoms with E-state index in [0.29, 0.717) is 0 Å². The third kappa shape index (κ3) is 3.67. The molecule has 4 N–H and O–H groups in total. The minimum atomic E-state index is -1.32. The number of aliphatic hydroxyl groups excluding tert-OH is 1. The van der Waals surface area contributed by atoms with Crippen LogP contribution in [0.2, 0.25) is 0 Å². The predicted octanol–water partition coefficient (Wildman–Crippen LogP) is 0.00530. The first kappa shape index (κ1) is 16.4. The maximum atomic E-state index is 11.8. The molecule has 1 aromatic heterocycles. The van der Waals surface area contributed by atoms with Gasteiger partial charge in [-0.1, -0.05) is 6.92 Å². The van der Waals surface area contributed by atoms with Crippen LogP contribution < -0.4 is 5.32 Å². The highest BCUT2D eigenvalue weighted by molar-refractivity contribution is 6.18. The van der Waals surface area contributed by atoms with Gasteiger partial charge in [-0.3, -0.25) is 9.59 Å². The number of hydrogen-bond donors (Lipinski definition) is 4. The number of nitrogens with zero attached hydrogens (tertiary/aromatic N) is 2. The van der Waals surface area contributed by atoms with Crippen molar-refractivity contribution >= 4 is 23.5 Å². The van der Waals surface area contributed by atoms with Crippen molar-refractivity contribution in [3.05, 3.63) is 11.9 Å². The van der Waals surface area contributed by atoms with Crippen LogP contribution in [0.4, 0.5) is 0 Å². The molecule has 9 heteroatoms. The molecule has 1 unspecified atom stereocenters. The van der Waals surface area contributed by atoms with Gasteiger partial charge in [-0.2, -0.15) is 15.4 Å². The number of aromatic amines is 1. The van der Waals surface area contributed by atoms with Crippen molar-refractivity contribution in [2.75, 3.05) is 12.5 Å². The minimum absolute atomic E-state index is 0.0264. The number of amides is 1. The standard InChI is InChI=1S/C11H17ClN4O4/c1-2-11(6-17,10(19)20)3-7(4-12)14-9(18)8-5-13-16-15-8/h5,7,17H,2-4,6H2,1H3,(H,14,18)(H,19,20)(H,13,15,16)/t7-,11?/m0/s1. The molecule has 0 spiro atoms. The molecule has 8 nitrogen and oxygen atoms in total. The Morgan fingerprint density at radius 1 is 1.60 bits per heavy atom. The summed E-state index contributed by atoms with van der Waals surface area (Å²) in [5, 5.41) is 30.6. The summed E-state index contributed by atoms with van der Waals surface area (Å²) in [5.74, 6) is -1.59. The molecular weight excluding hydrogens is 288 g/mol. The second-order valence-electron chi connectivity index (χ2n) is 4.48. The van der Waals surface area contributed by atoms with E-state index in [9.17, 15) is 19.8 Å². The van der Waals surface area contributed by atoms with E-state index in [-0.39, 0.29) is 24.4 Å². The van der Waals surface area contributed by atoms with Gasteiger partial charge in [0.15, 0.2) is 5.69 Å². The topological polar surface area (TPSA) is 128 Å². The molecule has 112 valence electrons. The number of rotatable bonds is 8. The summed E-state index contributed by atoms with van der Waals surface area (Å²) < 4.78 is 0. The third-order valence-electron chi connectivity index (χ3n) is 3.24. The Balaban J connectivity index is 2.76. The zero-order valence-electron chi connectivity index (χ0n) is 11.0. The van der Waals surface area contributed by atoms with Gasteiger partial charge in [0.1, 0.15) is 0 Å². The highest BCUT2D eigenvalue weighted by Gasteiger charge is 2.38. The lowest BCUT2D eigenvalue weighted by Crippen LogP contribution is -2.45. The van der Waals surface area contributed by atoms with Crippen molar-refractivity contribution in [1.82, 2.24) is 20.7 Å². The normalized spacial score (nSPS) is 15.3. The van der Waals surface area contributed by atoms with Gasteiger partial charge in [0.2, 0.25) is 0 Å². The highest BCUT2D eigenvalue weighted by Crippen LogP contribution is 2.28. The summed E-state index contributed by atoms with van der Waals surface area (Å²) in [7, 11) is 0. The number of carboxylic acid groups (broad SMARTS) is 1. The second kappa shape index (κ2) is 7.20. The van der Waals surface area contributed by atoms with E-state index >= 15 is 0 Å². The predicted molar refractivity (Wildman–Crippen MR) is 70.4 cm³/mol. The average molecular weight is 305 g/mol. The molecule has 0 aliphatic rings. The van der Waals surface area contributed by atoms with Crippen molar-refractivity contribution in [1.29, 1.82) is 0 Å². The lowest BCUT2D eigenvalue weighted by Gasteiger charge is -2.29. The molecule has 1 heterocycles. The number of aliphatic carboxylic acids is 1. The third-order valence-corrected chi connectivity index (χ3v) is 3.61. The van der Waals surface area contributed by atoms with Gasteiger partial charge in [-0.05, 0) is 12.8 Å². The van der Waals surface area contributed by atoms with Crippen LogP contribution in [0.25, 0.3) is 0 Å². The monoisotopic (exact) mass is 304 g/mol. The summed E-state index contributed by atoms with van der Waals surface area (Å²) >= 11 is 5.76. The molecule has 0 saturated heterocycles. The molecule has 20 heavy (non-hydrogen) atoms. The van der Waals surface area contributed by atoms with E-state index in [2.05, 4.69) is 20.7 Å². The molecule has 0 aromatic carbocycles. The number of aromatic nitrogens is 3. The lowest BCUT2D eigenvalue weighted by molar-refractivity contribution is -0.152. The number of carbonyl (C=O) groups excluding carboxylic acids is 1. The van der Waals surface area contributed by atoms with Crippen LogP contribution in [0.5, 0.6) is 0 Å². The number of aliphatic hydroxyl groups is 1. The summed E-state index contributed by atoms with van der Waals surface area (Å²) in [6.07, 6.45) is 1.51. The van der Waals surface area contributed by atoms with E-state index in [1.165, 1.54) is 6.20 Å². The Morgan fingerprint density at radius 3 is 2.70 bits per heavy atom. The van der Waals surface area contributed by atoms with Crippen molar-refractivity contribution in [3.63, 3.8) is 0 Å². The minimum Gasteiger partial charge on any atom is -0.481 e. The fourth-order valence-electron chi connectivity index (χ4n) is 1.81. The number of carboxylic acids is 1. The fourth-order valence-corrected chi connectivity index (χ4v) is 2.00. The quantitative estimate of drug-likeness (QED) is 0.501. The van der Waals surface area contributed by atoms with Gasteiger partial charge in [-0.25, -0.2) is 0 Å². The van der Waals surface area contributed by atoms with Crippen molar-refractivity contribution < 1.29 is 19.8 Å². The lowest BCUT2D eigenvalue weighted by atomic mass is 9.80. The summed E-state index contributed by atoms with van der Waals surface area (Å²) in [5.41, 5.74) is -1.24. The van der Waals surface area contributed by atoms with Crippen LogP contribution >= 0.6 is 11.6 Å². The Morgan fingerprint density at radius 2 is 2.30 bits per heavy atom. The molecule has 0 saturated carbocycles. The number of alkyl halides is 1. The van der Waals surface area contributed by atoms with Crippen molar-refractivity contribution in [2.45, 2.75) is 25.8 Å². The molecule has 0 bridgehead atoms. The number of hydrogen-bond acceptors (Lipinski definition) is 5. The van der Waals surface area contributed by atoms with Crippen LogP contribution in [0.1, 0.15) is 30.3 Å². The molecular formula is C11H17ClN4O4. The van der Waals surface area contributed by atoms with Gasteiger partial charge in [-0.15, -0.1) is 11.6 Å². The first-order chi connectivity index (χ1) is 9.49. The Hall–Kier alpha value is -1.67. The van der Waals surface area contributed by atoms with E-state index in [4.69, 9.17) is 11.6 Å². The number of H-pyrrole nitrogens is 1. The zero-order valence-corrected chi connectivity index (χ0v) is 11.7. The van der Waals surface area contributed by atoms with Gasteiger partial charge in [0, 0.05) is 11.9 Å². The fraction of sp³-hybridized carbons (Fsp3) is 0.636. The molecule has 1 amide bonds.